The van der Waals surface area contributed by atoms with Gasteiger partial charge in [0.25, 0.3) is 5.91 Å². The molecule has 0 unspecified atom stereocenters. The Morgan fingerprint density at radius 1 is 1.04 bits per heavy atom. The Kier molecular flexibility index (Phi) is 6.63. The third kappa shape index (κ3) is 5.42. The largest absolute Gasteiger partial charge is 0.396 e. The Balaban J connectivity index is 1.97. The van der Waals surface area contributed by atoms with Gasteiger partial charge in [-0.3, -0.25) is 4.79 Å². The number of rotatable bonds is 8. The standard InChI is InChI=1S/C19H24N2O2/c1-15-10-11-16(14-18(15)20-12-6-3-7-13-22)19(23)21-17-8-4-2-5-9-17/h2,4-5,8-11,14,20,22H,3,6-7,12-13H2,1H3,(H,21,23). The molecule has 0 heterocycles. The number of nitrogens with one attached hydrogen (secondary N) is 2. The molecule has 4 heteroatoms. The molecule has 0 aromatic heterocycles. The number of amides is 1. The van der Waals surface area contributed by atoms with Crippen LogP contribution in [0.2, 0.25) is 0 Å². The van der Waals surface area contributed by atoms with Crippen molar-refractivity contribution in [3.05, 3.63) is 59.7 Å². The molecule has 1 amide bonds. The van der Waals surface area contributed by atoms with Crippen molar-refractivity contribution in [1.29, 1.82) is 0 Å². The number of benzene rings is 2. The zero-order chi connectivity index (χ0) is 16.5. The average molecular weight is 312 g/mol. The zero-order valence-electron chi connectivity index (χ0n) is 13.5. The topological polar surface area (TPSA) is 61.4 Å². The number of carbonyl (C=O) groups excluding carboxylic acids is 1. The zero-order valence-corrected chi connectivity index (χ0v) is 13.5. The smallest absolute Gasteiger partial charge is 0.255 e. The van der Waals surface area contributed by atoms with Gasteiger partial charge in [-0.25, -0.2) is 0 Å². The molecule has 0 saturated carbocycles. The van der Waals surface area contributed by atoms with Crippen molar-refractivity contribution in [1.82, 2.24) is 0 Å². The first kappa shape index (κ1) is 17.0. The SMILES string of the molecule is Cc1ccc(C(=O)Nc2ccccc2)cc1NCCCCCO. The van der Waals surface area contributed by atoms with E-state index in [9.17, 15) is 4.79 Å². The van der Waals surface area contributed by atoms with Crippen LogP contribution in [0.5, 0.6) is 0 Å². The molecule has 3 N–H and O–H groups in total. The van der Waals surface area contributed by atoms with Crippen molar-refractivity contribution in [2.24, 2.45) is 0 Å². The minimum atomic E-state index is -0.112. The van der Waals surface area contributed by atoms with Crippen molar-refractivity contribution in [2.75, 3.05) is 23.8 Å². The highest BCUT2D eigenvalue weighted by atomic mass is 16.2. The van der Waals surface area contributed by atoms with Gasteiger partial charge in [0.1, 0.15) is 0 Å². The summed E-state index contributed by atoms with van der Waals surface area (Å²) >= 11 is 0. The van der Waals surface area contributed by atoms with Crippen LogP contribution in [0.4, 0.5) is 11.4 Å². The van der Waals surface area contributed by atoms with E-state index < -0.39 is 0 Å². The van der Waals surface area contributed by atoms with Gasteiger partial charge in [-0.05, 0) is 56.0 Å². The van der Waals surface area contributed by atoms with Crippen molar-refractivity contribution >= 4 is 17.3 Å². The number of hydrogen-bond donors (Lipinski definition) is 3. The van der Waals surface area contributed by atoms with Gasteiger partial charge in [0, 0.05) is 30.1 Å². The Morgan fingerprint density at radius 2 is 1.83 bits per heavy atom. The summed E-state index contributed by atoms with van der Waals surface area (Å²) in [5.41, 5.74) is 3.52. The molecule has 0 aliphatic heterocycles. The van der Waals surface area contributed by atoms with Crippen LogP contribution in [0.25, 0.3) is 0 Å². The molecule has 0 aliphatic rings. The monoisotopic (exact) mass is 312 g/mol. The Hall–Kier alpha value is -2.33. The number of aliphatic hydroxyl groups excluding tert-OH is 1. The van der Waals surface area contributed by atoms with E-state index in [0.29, 0.717) is 5.56 Å². The van der Waals surface area contributed by atoms with Crippen LogP contribution in [0.3, 0.4) is 0 Å². The lowest BCUT2D eigenvalue weighted by atomic mass is 10.1. The van der Waals surface area contributed by atoms with Gasteiger partial charge in [0.15, 0.2) is 0 Å². The molecule has 4 nitrogen and oxygen atoms in total. The molecule has 122 valence electrons. The molecule has 0 aliphatic carbocycles. The third-order valence-electron chi connectivity index (χ3n) is 3.68. The highest BCUT2D eigenvalue weighted by molar-refractivity contribution is 6.04. The summed E-state index contributed by atoms with van der Waals surface area (Å²) in [4.78, 5) is 12.3. The number of anilines is 2. The highest BCUT2D eigenvalue weighted by Crippen LogP contribution is 2.18. The summed E-state index contributed by atoms with van der Waals surface area (Å²) in [7, 11) is 0. The average Bonchev–Trinajstić information content (AvgIpc) is 2.57. The number of carbonyl (C=O) groups is 1. The lowest BCUT2D eigenvalue weighted by Gasteiger charge is -2.12. The first-order valence-corrected chi connectivity index (χ1v) is 8.02. The molecule has 0 atom stereocenters. The van der Waals surface area contributed by atoms with E-state index in [4.69, 9.17) is 5.11 Å². The second-order valence-electron chi connectivity index (χ2n) is 5.56. The molecule has 0 radical (unpaired) electrons. The van der Waals surface area contributed by atoms with Crippen LogP contribution in [0, 0.1) is 6.92 Å². The summed E-state index contributed by atoms with van der Waals surface area (Å²) in [5, 5.41) is 15.0. The summed E-state index contributed by atoms with van der Waals surface area (Å²) in [5.74, 6) is -0.112. The van der Waals surface area contributed by atoms with Gasteiger partial charge < -0.3 is 15.7 Å². The first-order chi connectivity index (χ1) is 11.2. The molecule has 23 heavy (non-hydrogen) atoms. The number of para-hydroxylation sites is 1. The van der Waals surface area contributed by atoms with E-state index in [2.05, 4.69) is 10.6 Å². The van der Waals surface area contributed by atoms with E-state index in [1.807, 2.05) is 55.5 Å². The summed E-state index contributed by atoms with van der Waals surface area (Å²) in [6.07, 6.45) is 2.83. The van der Waals surface area contributed by atoms with Crippen LogP contribution in [0.15, 0.2) is 48.5 Å². The summed E-state index contributed by atoms with van der Waals surface area (Å²) in [6.45, 7) is 3.10. The number of unbranched alkanes of at least 4 members (excludes halogenated alkanes) is 2. The fourth-order valence-corrected chi connectivity index (χ4v) is 2.32. The van der Waals surface area contributed by atoms with Gasteiger partial charge in [0.2, 0.25) is 0 Å². The maximum atomic E-state index is 12.3. The third-order valence-corrected chi connectivity index (χ3v) is 3.68. The summed E-state index contributed by atoms with van der Waals surface area (Å²) < 4.78 is 0. The molecular weight excluding hydrogens is 288 g/mol. The molecule has 2 aromatic rings. The Labute approximate surface area is 137 Å². The maximum Gasteiger partial charge on any atom is 0.255 e. The van der Waals surface area contributed by atoms with Crippen LogP contribution in [-0.4, -0.2) is 24.2 Å². The van der Waals surface area contributed by atoms with Gasteiger partial charge in [-0.1, -0.05) is 24.3 Å². The lowest BCUT2D eigenvalue weighted by Crippen LogP contribution is -2.13. The van der Waals surface area contributed by atoms with Crippen LogP contribution in [0.1, 0.15) is 35.2 Å². The second-order valence-corrected chi connectivity index (χ2v) is 5.56. The minimum absolute atomic E-state index is 0.112. The van der Waals surface area contributed by atoms with Crippen molar-refractivity contribution in [3.8, 4) is 0 Å². The van der Waals surface area contributed by atoms with Crippen LogP contribution >= 0.6 is 0 Å². The molecule has 2 rings (SSSR count). The van der Waals surface area contributed by atoms with Crippen molar-refractivity contribution in [2.45, 2.75) is 26.2 Å². The van der Waals surface area contributed by atoms with Crippen molar-refractivity contribution < 1.29 is 9.90 Å². The number of hydrogen-bond acceptors (Lipinski definition) is 3. The predicted octanol–water partition coefficient (Wildman–Crippen LogP) is 3.82. The molecule has 0 spiro atoms. The quantitative estimate of drug-likeness (QED) is 0.649. The predicted molar refractivity (Wildman–Crippen MR) is 95.0 cm³/mol. The van der Waals surface area contributed by atoms with Crippen LogP contribution < -0.4 is 10.6 Å². The minimum Gasteiger partial charge on any atom is -0.396 e. The first-order valence-electron chi connectivity index (χ1n) is 8.02. The normalized spacial score (nSPS) is 10.3. The van der Waals surface area contributed by atoms with Crippen molar-refractivity contribution in [3.63, 3.8) is 0 Å². The van der Waals surface area contributed by atoms with Gasteiger partial charge in [0.05, 0.1) is 0 Å². The Morgan fingerprint density at radius 3 is 2.57 bits per heavy atom. The van der Waals surface area contributed by atoms with E-state index in [1.165, 1.54) is 0 Å². The van der Waals surface area contributed by atoms with E-state index >= 15 is 0 Å². The maximum absolute atomic E-state index is 12.3. The molecule has 2 aromatic carbocycles. The number of aliphatic hydroxyl groups is 1. The fraction of sp³-hybridized carbons (Fsp3) is 0.316. The highest BCUT2D eigenvalue weighted by Gasteiger charge is 2.08. The lowest BCUT2D eigenvalue weighted by molar-refractivity contribution is 0.102. The Bertz CT molecular complexity index is 627. The molecule has 0 bridgehead atoms. The number of aryl methyl sites for hydroxylation is 1. The van der Waals surface area contributed by atoms with Gasteiger partial charge in [-0.15, -0.1) is 0 Å². The van der Waals surface area contributed by atoms with E-state index in [-0.39, 0.29) is 12.5 Å². The second kappa shape index (κ2) is 8.96. The fourth-order valence-electron chi connectivity index (χ4n) is 2.32. The summed E-state index contributed by atoms with van der Waals surface area (Å²) in [6, 6.07) is 15.1. The van der Waals surface area contributed by atoms with Crippen LogP contribution in [-0.2, 0) is 0 Å². The molecular formula is C19H24N2O2. The molecule has 0 fully saturated rings. The van der Waals surface area contributed by atoms with E-state index in [0.717, 1.165) is 42.7 Å². The van der Waals surface area contributed by atoms with Gasteiger partial charge >= 0.3 is 0 Å². The van der Waals surface area contributed by atoms with Gasteiger partial charge in [-0.2, -0.15) is 0 Å². The van der Waals surface area contributed by atoms with E-state index in [1.54, 1.807) is 0 Å². The molecule has 0 saturated heterocycles.